The summed E-state index contributed by atoms with van der Waals surface area (Å²) in [6, 6.07) is 8.02. The van der Waals surface area contributed by atoms with Crippen molar-refractivity contribution in [2.24, 2.45) is 9.98 Å². The number of rotatable bonds is 0. The first-order valence-corrected chi connectivity index (χ1v) is 7.75. The van der Waals surface area contributed by atoms with Crippen LogP contribution in [0.15, 0.2) is 94.7 Å². The van der Waals surface area contributed by atoms with E-state index in [4.69, 9.17) is 9.47 Å². The zero-order chi connectivity index (χ0) is 16.5. The predicted octanol–water partition coefficient (Wildman–Crippen LogP) is 4.49. The summed E-state index contributed by atoms with van der Waals surface area (Å²) in [7, 11) is 0. The molecule has 120 valence electrons. The van der Waals surface area contributed by atoms with E-state index >= 15 is 0 Å². The van der Waals surface area contributed by atoms with Gasteiger partial charge in [0.25, 0.3) is 0 Å². The van der Waals surface area contributed by atoms with Crippen LogP contribution in [-0.4, -0.2) is 12.6 Å². The zero-order valence-electron chi connectivity index (χ0n) is 13.2. The molecule has 2 aliphatic rings. The summed E-state index contributed by atoms with van der Waals surface area (Å²) in [5.41, 5.74) is 2.27. The molecule has 1 heterocycles. The Morgan fingerprint density at radius 3 is 2.92 bits per heavy atom. The molecule has 0 spiro atoms. The van der Waals surface area contributed by atoms with Crippen molar-refractivity contribution in [3.8, 4) is 5.75 Å². The van der Waals surface area contributed by atoms with Crippen LogP contribution in [0.4, 0.5) is 0 Å². The highest BCUT2D eigenvalue weighted by Crippen LogP contribution is 2.35. The van der Waals surface area contributed by atoms with Crippen molar-refractivity contribution in [1.29, 1.82) is 0 Å². The van der Waals surface area contributed by atoms with Crippen LogP contribution in [0.1, 0.15) is 12.0 Å². The van der Waals surface area contributed by atoms with Crippen LogP contribution in [0.25, 0.3) is 0 Å². The van der Waals surface area contributed by atoms with E-state index in [0.29, 0.717) is 0 Å². The lowest BCUT2D eigenvalue weighted by Crippen LogP contribution is -1.91. The fourth-order valence-corrected chi connectivity index (χ4v) is 2.06. The highest BCUT2D eigenvalue weighted by Gasteiger charge is 2.22. The molecule has 4 heteroatoms. The lowest BCUT2D eigenvalue weighted by Gasteiger charge is -2.06. The van der Waals surface area contributed by atoms with E-state index < -0.39 is 0 Å². The molecule has 3 rings (SSSR count). The summed E-state index contributed by atoms with van der Waals surface area (Å²) in [6.07, 6.45) is 19.1. The minimum absolute atomic E-state index is 0.753. The summed E-state index contributed by atoms with van der Waals surface area (Å²) in [5, 5.41) is 0. The van der Waals surface area contributed by atoms with Gasteiger partial charge in [0.05, 0.1) is 12.5 Å². The fraction of sp³-hybridized carbons (Fsp3) is 0.100. The quantitative estimate of drug-likeness (QED) is 0.707. The van der Waals surface area contributed by atoms with Crippen LogP contribution < -0.4 is 4.74 Å². The molecule has 0 aromatic heterocycles. The van der Waals surface area contributed by atoms with Crippen molar-refractivity contribution in [3.05, 3.63) is 90.3 Å². The van der Waals surface area contributed by atoms with Crippen LogP contribution in [0, 0.1) is 0 Å². The monoisotopic (exact) mass is 318 g/mol. The van der Waals surface area contributed by atoms with Crippen LogP contribution in [0.5, 0.6) is 5.75 Å². The van der Waals surface area contributed by atoms with Gasteiger partial charge >= 0.3 is 0 Å². The van der Waals surface area contributed by atoms with Gasteiger partial charge in [-0.15, -0.1) is 0 Å². The third kappa shape index (κ3) is 4.95. The van der Waals surface area contributed by atoms with E-state index in [-0.39, 0.29) is 0 Å². The maximum absolute atomic E-state index is 5.98. The van der Waals surface area contributed by atoms with Crippen molar-refractivity contribution < 1.29 is 9.47 Å². The first-order chi connectivity index (χ1) is 11.9. The maximum atomic E-state index is 5.98. The van der Waals surface area contributed by atoms with Crippen molar-refractivity contribution in [3.63, 3.8) is 0 Å². The summed E-state index contributed by atoms with van der Waals surface area (Å²) in [5.74, 6) is 1.87. The van der Waals surface area contributed by atoms with Gasteiger partial charge in [0.15, 0.2) is 0 Å². The van der Waals surface area contributed by atoms with Gasteiger partial charge < -0.3 is 9.47 Å². The molecule has 0 saturated carbocycles. The molecular formula is C20H18N2O2. The van der Waals surface area contributed by atoms with E-state index in [9.17, 15) is 0 Å². The Bertz CT molecular complexity index is 781. The second-order valence-electron chi connectivity index (χ2n) is 5.14. The molecule has 0 N–H and O–H groups in total. The molecule has 0 fully saturated rings. The van der Waals surface area contributed by atoms with Gasteiger partial charge in [-0.25, -0.2) is 9.98 Å². The average molecular weight is 318 g/mol. The standard InChI is InChI=1S/C20H18N2O2/c1-4-11-21-16-22-12-6-8-17-7-2-3-9-19(17)24-20-15-18(20)10-14-23-13-5-1/h1-7,9-14,16H,8,15H2/b4-1?,12-6-,13-5?,14-10+,21-11?,22-16?. The van der Waals surface area contributed by atoms with Crippen molar-refractivity contribution in [2.45, 2.75) is 12.8 Å². The van der Waals surface area contributed by atoms with Crippen LogP contribution in [-0.2, 0) is 11.2 Å². The normalized spacial score (nSPS) is 19.8. The minimum Gasteiger partial charge on any atom is -0.473 e. The smallest absolute Gasteiger partial charge is 0.130 e. The van der Waals surface area contributed by atoms with E-state index in [1.165, 1.54) is 6.34 Å². The summed E-state index contributed by atoms with van der Waals surface area (Å²) >= 11 is 0. The zero-order valence-corrected chi connectivity index (χ0v) is 13.2. The first kappa shape index (κ1) is 15.7. The molecule has 1 aromatic rings. The molecule has 0 atom stereocenters. The molecule has 0 bridgehead atoms. The van der Waals surface area contributed by atoms with Gasteiger partial charge in [-0.1, -0.05) is 30.4 Å². The predicted molar refractivity (Wildman–Crippen MR) is 97.0 cm³/mol. The first-order valence-electron chi connectivity index (χ1n) is 7.75. The topological polar surface area (TPSA) is 43.2 Å². The van der Waals surface area contributed by atoms with E-state index in [1.54, 1.807) is 37.1 Å². The number of benzene rings is 1. The third-order valence-corrected chi connectivity index (χ3v) is 3.35. The number of hydrogen-bond acceptors (Lipinski definition) is 4. The molecule has 0 saturated heterocycles. The molecule has 1 aliphatic heterocycles. The van der Waals surface area contributed by atoms with Crippen LogP contribution in [0.2, 0.25) is 0 Å². The van der Waals surface area contributed by atoms with Crippen molar-refractivity contribution in [1.82, 2.24) is 0 Å². The number of ether oxygens (including phenoxy) is 2. The summed E-state index contributed by atoms with van der Waals surface area (Å²) < 4.78 is 11.3. The minimum atomic E-state index is 0.753. The number of fused-ring (bicyclic) bond motifs is 1. The fourth-order valence-electron chi connectivity index (χ4n) is 2.06. The van der Waals surface area contributed by atoms with E-state index in [1.807, 2.05) is 36.4 Å². The molecule has 24 heavy (non-hydrogen) atoms. The third-order valence-electron chi connectivity index (χ3n) is 3.35. The highest BCUT2D eigenvalue weighted by molar-refractivity contribution is 5.80. The number of aliphatic imine (C=N–C) groups is 2. The maximum Gasteiger partial charge on any atom is 0.130 e. The van der Waals surface area contributed by atoms with Gasteiger partial charge in [0.2, 0.25) is 0 Å². The van der Waals surface area contributed by atoms with Crippen LogP contribution in [0.3, 0.4) is 0 Å². The molecule has 0 unspecified atom stereocenters. The molecule has 4 nitrogen and oxygen atoms in total. The SMILES string of the molecule is C1=CC=NC=N/C=C\Cc2ccccc2OC2=C(/C=C/OC=C1)C2. The van der Waals surface area contributed by atoms with Crippen molar-refractivity contribution in [2.75, 3.05) is 0 Å². The second kappa shape index (κ2) is 8.48. The van der Waals surface area contributed by atoms with E-state index in [2.05, 4.69) is 16.1 Å². The van der Waals surface area contributed by atoms with Gasteiger partial charge in [-0.05, 0) is 36.3 Å². The largest absolute Gasteiger partial charge is 0.473 e. The lowest BCUT2D eigenvalue weighted by atomic mass is 10.1. The number of allylic oxidation sites excluding steroid dienone is 7. The van der Waals surface area contributed by atoms with Crippen molar-refractivity contribution >= 4 is 12.6 Å². The molecular weight excluding hydrogens is 300 g/mol. The number of hydrogen-bond donors (Lipinski definition) is 0. The van der Waals surface area contributed by atoms with Gasteiger partial charge in [0, 0.05) is 24.4 Å². The molecule has 0 amide bonds. The highest BCUT2D eigenvalue weighted by atomic mass is 16.5. The Hall–Kier alpha value is -3.14. The molecule has 1 aliphatic carbocycles. The number of nitrogens with zero attached hydrogens (tertiary/aromatic N) is 2. The Labute approximate surface area is 141 Å². The number of para-hydroxylation sites is 1. The second-order valence-corrected chi connectivity index (χ2v) is 5.14. The Morgan fingerprint density at radius 1 is 0.958 bits per heavy atom. The van der Waals surface area contributed by atoms with E-state index in [0.717, 1.165) is 35.5 Å². The van der Waals surface area contributed by atoms with Crippen LogP contribution >= 0.6 is 0 Å². The van der Waals surface area contributed by atoms with Gasteiger partial charge in [-0.2, -0.15) is 0 Å². The lowest BCUT2D eigenvalue weighted by molar-refractivity contribution is 0.402. The Morgan fingerprint density at radius 2 is 1.92 bits per heavy atom. The average Bonchev–Trinajstić information content (AvgIpc) is 3.33. The molecule has 0 radical (unpaired) electrons. The summed E-state index contributed by atoms with van der Waals surface area (Å²) in [6.45, 7) is 0. The summed E-state index contributed by atoms with van der Waals surface area (Å²) in [4.78, 5) is 8.14. The molecule has 1 aromatic carbocycles. The van der Waals surface area contributed by atoms with Gasteiger partial charge in [-0.3, -0.25) is 0 Å². The van der Waals surface area contributed by atoms with Gasteiger partial charge in [0.1, 0.15) is 17.8 Å². The Balaban J connectivity index is 1.77. The Kier molecular flexibility index (Phi) is 5.56.